The Morgan fingerprint density at radius 2 is 1.86 bits per heavy atom. The molecule has 7 heteroatoms. The van der Waals surface area contributed by atoms with Crippen molar-refractivity contribution in [2.75, 3.05) is 32.8 Å². The summed E-state index contributed by atoms with van der Waals surface area (Å²) in [7, 11) is 0. The third-order valence-corrected chi connectivity index (χ3v) is 9.31. The number of aryl methyl sites for hydroxylation is 2. The van der Waals surface area contributed by atoms with Crippen LogP contribution in [0.5, 0.6) is 5.75 Å². The van der Waals surface area contributed by atoms with Crippen LogP contribution in [0.4, 0.5) is 0 Å². The number of aliphatic hydroxyl groups is 2. The van der Waals surface area contributed by atoms with E-state index in [4.69, 9.17) is 0 Å². The van der Waals surface area contributed by atoms with Crippen LogP contribution in [0.15, 0.2) is 30.6 Å². The lowest BCUT2D eigenvalue weighted by Crippen LogP contribution is -2.68. The molecule has 4 atom stereocenters. The molecule has 0 amide bonds. The van der Waals surface area contributed by atoms with E-state index in [1.165, 1.54) is 12.8 Å². The molecule has 3 aliphatic rings. The van der Waals surface area contributed by atoms with Crippen LogP contribution in [0.3, 0.4) is 0 Å². The minimum absolute atomic E-state index is 0.0277. The topological polar surface area (TPSA) is 85.0 Å². The Hall–Kier alpha value is -1.93. The summed E-state index contributed by atoms with van der Waals surface area (Å²) in [5, 5.41) is 37.9. The summed E-state index contributed by atoms with van der Waals surface area (Å²) in [4.78, 5) is 4.87. The van der Waals surface area contributed by atoms with E-state index in [0.29, 0.717) is 13.0 Å². The molecule has 3 N–H and O–H groups in total. The Morgan fingerprint density at radius 3 is 2.54 bits per heavy atom. The average molecular weight is 483 g/mol. The summed E-state index contributed by atoms with van der Waals surface area (Å²) in [5.74, 6) is 1.04. The molecule has 2 aromatic rings. The molecule has 5 rings (SSSR count). The number of phenolic OH excluding ortho intramolecular Hbond substituents is 1. The van der Waals surface area contributed by atoms with Gasteiger partial charge in [0.2, 0.25) is 0 Å². The Kier molecular flexibility index (Phi) is 6.72. The second kappa shape index (κ2) is 9.51. The van der Waals surface area contributed by atoms with Crippen LogP contribution in [-0.4, -0.2) is 85.4 Å². The number of aliphatic hydroxyl groups excluding tert-OH is 1. The van der Waals surface area contributed by atoms with Crippen molar-refractivity contribution >= 4 is 0 Å². The maximum absolute atomic E-state index is 12.7. The molecule has 0 spiro atoms. The first-order chi connectivity index (χ1) is 16.8. The van der Waals surface area contributed by atoms with E-state index in [2.05, 4.69) is 28.7 Å². The van der Waals surface area contributed by atoms with Crippen molar-refractivity contribution in [1.82, 2.24) is 19.6 Å². The van der Waals surface area contributed by atoms with Crippen LogP contribution < -0.4 is 0 Å². The van der Waals surface area contributed by atoms with Crippen LogP contribution >= 0.6 is 0 Å². The highest BCUT2D eigenvalue weighted by atomic mass is 16.3. The summed E-state index contributed by atoms with van der Waals surface area (Å²) < 4.78 is 1.91. The summed E-state index contributed by atoms with van der Waals surface area (Å²) in [6, 6.07) is 5.60. The van der Waals surface area contributed by atoms with Gasteiger partial charge in [0.05, 0.1) is 31.0 Å². The number of aromatic hydroxyl groups is 1. The average Bonchev–Trinajstić information content (AvgIpc) is 3.59. The summed E-state index contributed by atoms with van der Waals surface area (Å²) in [6.07, 6.45) is 8.78. The van der Waals surface area contributed by atoms with E-state index in [1.54, 1.807) is 6.07 Å². The highest BCUT2D eigenvalue weighted by Gasteiger charge is 2.59. The number of rotatable bonds is 7. The highest BCUT2D eigenvalue weighted by molar-refractivity contribution is 5.43. The largest absolute Gasteiger partial charge is 0.508 e. The van der Waals surface area contributed by atoms with Gasteiger partial charge in [-0.25, -0.2) is 0 Å². The van der Waals surface area contributed by atoms with Crippen LogP contribution in [0.1, 0.15) is 55.7 Å². The van der Waals surface area contributed by atoms with Gasteiger partial charge < -0.3 is 15.3 Å². The lowest BCUT2D eigenvalue weighted by molar-refractivity contribution is -0.136. The molecule has 3 fully saturated rings. The maximum atomic E-state index is 12.7. The molecule has 1 aromatic heterocycles. The van der Waals surface area contributed by atoms with Gasteiger partial charge in [0.15, 0.2) is 0 Å². The van der Waals surface area contributed by atoms with Crippen molar-refractivity contribution in [3.8, 4) is 5.75 Å². The molecule has 2 aliphatic heterocycles. The van der Waals surface area contributed by atoms with Gasteiger partial charge in [-0.3, -0.25) is 14.5 Å². The van der Waals surface area contributed by atoms with E-state index >= 15 is 0 Å². The van der Waals surface area contributed by atoms with E-state index in [0.717, 1.165) is 61.6 Å². The lowest BCUT2D eigenvalue weighted by atomic mass is 9.57. The van der Waals surface area contributed by atoms with Crippen LogP contribution in [0, 0.1) is 19.8 Å². The predicted molar refractivity (Wildman–Crippen MR) is 136 cm³/mol. The number of piperidine rings is 1. The first kappa shape index (κ1) is 24.8. The summed E-state index contributed by atoms with van der Waals surface area (Å²) in [5.41, 5.74) is 1.97. The Labute approximate surface area is 209 Å². The Bertz CT molecular complexity index is 1040. The van der Waals surface area contributed by atoms with Gasteiger partial charge in [-0.2, -0.15) is 5.10 Å². The van der Waals surface area contributed by atoms with Gasteiger partial charge in [0, 0.05) is 30.7 Å². The molecule has 1 aliphatic carbocycles. The fourth-order valence-electron chi connectivity index (χ4n) is 6.94. The molecule has 0 radical (unpaired) electrons. The minimum atomic E-state index is -0.921. The third kappa shape index (κ3) is 4.52. The fraction of sp³-hybridized carbons (Fsp3) is 0.679. The standard InChI is InChI=1S/C28H42N4O3/c1-20-15-29-32(16-20)18-24(19-33)30-11-8-27(26-14-25(34)7-4-21(26)2)9-12-31(17-23-5-6-23)22(3)28(27,35)10-13-30/h4,7,14-16,22-24,33-35H,5-6,8-13,17-19H2,1-3H3/t22?,24-,27?,28?/m1/s1. The minimum Gasteiger partial charge on any atom is -0.508 e. The number of aromatic nitrogens is 2. The third-order valence-electron chi connectivity index (χ3n) is 9.31. The SMILES string of the molecule is Cc1cnn(C[C@H](CO)N2CCC3(c4cc(O)ccc4C)CCN(CC4CC4)C(C)C3(O)CC2)c1. The van der Waals surface area contributed by atoms with Crippen molar-refractivity contribution in [2.24, 2.45) is 5.92 Å². The van der Waals surface area contributed by atoms with Gasteiger partial charge >= 0.3 is 0 Å². The van der Waals surface area contributed by atoms with Crippen molar-refractivity contribution in [2.45, 2.75) is 82.5 Å². The van der Waals surface area contributed by atoms with Crippen molar-refractivity contribution in [3.63, 3.8) is 0 Å². The zero-order chi connectivity index (χ0) is 24.8. The van der Waals surface area contributed by atoms with E-state index in [9.17, 15) is 15.3 Å². The van der Waals surface area contributed by atoms with E-state index in [1.807, 2.05) is 36.1 Å². The number of phenols is 1. The van der Waals surface area contributed by atoms with Crippen LogP contribution in [0.2, 0.25) is 0 Å². The number of likely N-dealkylation sites (tertiary alicyclic amines) is 2. The zero-order valence-corrected chi connectivity index (χ0v) is 21.5. The summed E-state index contributed by atoms with van der Waals surface area (Å²) in [6.45, 7) is 10.6. The normalized spacial score (nSPS) is 31.2. The molecule has 192 valence electrons. The number of nitrogens with zero attached hydrogens (tertiary/aromatic N) is 4. The van der Waals surface area contributed by atoms with Gasteiger partial charge in [-0.05, 0) is 101 Å². The number of fused-ring (bicyclic) bond motifs is 1. The fourth-order valence-corrected chi connectivity index (χ4v) is 6.94. The molecule has 3 heterocycles. The quantitative estimate of drug-likeness (QED) is 0.563. The van der Waals surface area contributed by atoms with Gasteiger partial charge in [-0.15, -0.1) is 0 Å². The van der Waals surface area contributed by atoms with E-state index in [-0.39, 0.29) is 24.4 Å². The Morgan fingerprint density at radius 1 is 1.11 bits per heavy atom. The molecule has 3 unspecified atom stereocenters. The monoisotopic (exact) mass is 482 g/mol. The van der Waals surface area contributed by atoms with Crippen molar-refractivity contribution in [1.29, 1.82) is 0 Å². The predicted octanol–water partition coefficient (Wildman–Crippen LogP) is 2.84. The molecular formula is C28H42N4O3. The highest BCUT2D eigenvalue weighted by Crippen LogP contribution is 2.53. The van der Waals surface area contributed by atoms with Gasteiger partial charge in [0.1, 0.15) is 5.75 Å². The smallest absolute Gasteiger partial charge is 0.115 e. The maximum Gasteiger partial charge on any atom is 0.115 e. The van der Waals surface area contributed by atoms with Crippen molar-refractivity contribution in [3.05, 3.63) is 47.3 Å². The number of benzene rings is 1. The molecule has 35 heavy (non-hydrogen) atoms. The van der Waals surface area contributed by atoms with Crippen LogP contribution in [-0.2, 0) is 12.0 Å². The number of hydrogen-bond acceptors (Lipinski definition) is 6. The van der Waals surface area contributed by atoms with E-state index < -0.39 is 11.0 Å². The lowest BCUT2D eigenvalue weighted by Gasteiger charge is -2.58. The molecule has 7 nitrogen and oxygen atoms in total. The number of hydrogen-bond donors (Lipinski definition) is 3. The molecule has 0 bridgehead atoms. The van der Waals surface area contributed by atoms with Gasteiger partial charge in [0.25, 0.3) is 0 Å². The summed E-state index contributed by atoms with van der Waals surface area (Å²) >= 11 is 0. The van der Waals surface area contributed by atoms with Crippen LogP contribution in [0.25, 0.3) is 0 Å². The molecule has 2 saturated heterocycles. The molecule has 1 aromatic carbocycles. The second-order valence-electron chi connectivity index (χ2n) is 11.5. The first-order valence-corrected chi connectivity index (χ1v) is 13.4. The molecular weight excluding hydrogens is 440 g/mol. The second-order valence-corrected chi connectivity index (χ2v) is 11.5. The zero-order valence-electron chi connectivity index (χ0n) is 21.5. The molecule has 1 saturated carbocycles. The Balaban J connectivity index is 1.49. The van der Waals surface area contributed by atoms with Gasteiger partial charge in [-0.1, -0.05) is 6.07 Å². The van der Waals surface area contributed by atoms with Crippen molar-refractivity contribution < 1.29 is 15.3 Å². The first-order valence-electron chi connectivity index (χ1n) is 13.4.